The second-order valence-corrected chi connectivity index (χ2v) is 29.2. The van der Waals surface area contributed by atoms with Crippen molar-refractivity contribution in [3.63, 3.8) is 0 Å². The van der Waals surface area contributed by atoms with Crippen molar-refractivity contribution in [1.29, 1.82) is 0 Å². The second-order valence-electron chi connectivity index (χ2n) is 19.3. The third-order valence-corrected chi connectivity index (χ3v) is 20.5. The number of hydrogen-bond donors (Lipinski definition) is 2. The van der Waals surface area contributed by atoms with Crippen LogP contribution >= 0.6 is 14.0 Å². The van der Waals surface area contributed by atoms with Crippen LogP contribution in [0.15, 0.2) is 111 Å². The molecule has 2 fully saturated rings. The highest BCUT2D eigenvalue weighted by molar-refractivity contribution is 8.11. The monoisotopic (exact) mass is 1070 g/mol. The van der Waals surface area contributed by atoms with Crippen LogP contribution in [0.1, 0.15) is 60.9 Å². The first-order valence-corrected chi connectivity index (χ1v) is 31.3. The first-order chi connectivity index (χ1) is 34.4. The van der Waals surface area contributed by atoms with Gasteiger partial charge >= 0.3 is 0 Å². The third-order valence-electron chi connectivity index (χ3n) is 13.4. The zero-order chi connectivity index (χ0) is 51.5. The number of aromatic nitrogens is 8. The molecule has 3 N–H and O–H groups in total. The molecular weight excluding hydrogens is 1010 g/mol. The van der Waals surface area contributed by atoms with Crippen molar-refractivity contribution >= 4 is 91.7 Å². The van der Waals surface area contributed by atoms with Gasteiger partial charge in [-0.1, -0.05) is 88.1 Å². The van der Waals surface area contributed by atoms with Gasteiger partial charge in [-0.3, -0.25) is 33.6 Å². The van der Waals surface area contributed by atoms with Crippen molar-refractivity contribution in [3.8, 4) is 0 Å². The van der Waals surface area contributed by atoms with Gasteiger partial charge in [0.05, 0.1) is 31.9 Å². The number of anilines is 2. The Hall–Kier alpha value is -4.93. The summed E-state index contributed by atoms with van der Waals surface area (Å²) in [6, 6.07) is 16.9. The molecule has 2 aliphatic heterocycles. The van der Waals surface area contributed by atoms with Crippen LogP contribution in [0.2, 0.25) is 18.1 Å². The number of hydrogen-bond acceptors (Lipinski definition) is 16. The summed E-state index contributed by atoms with van der Waals surface area (Å²) in [5.74, 6) is -0.0923. The molecule has 380 valence electrons. The number of imidazole rings is 2. The topological polar surface area (TPSA) is 212 Å². The average molecular weight is 1070 g/mol. The van der Waals surface area contributed by atoms with Gasteiger partial charge in [-0.15, -0.1) is 13.2 Å². The number of fused-ring (bicyclic) bond motifs is 2. The van der Waals surface area contributed by atoms with Gasteiger partial charge in [-0.2, -0.15) is 0 Å². The summed E-state index contributed by atoms with van der Waals surface area (Å²) in [5.41, 5.74) is 9.87. The quantitative estimate of drug-likeness (QED) is 0.0425. The second kappa shape index (κ2) is 22.3. The Morgan fingerprint density at radius 2 is 1.33 bits per heavy atom. The van der Waals surface area contributed by atoms with Crippen LogP contribution in [0.3, 0.4) is 0 Å². The molecule has 0 aliphatic carbocycles. The summed E-state index contributed by atoms with van der Waals surface area (Å²) < 4.78 is 36.8. The smallest absolute Gasteiger partial charge is 0.259 e. The SMILES string of the molecule is C=CCN(C(=O)c1ccccc1)c1ncnc2c1ncn2[C@@H]1O[C@H](COP=S)[C@@H](NP(C)(=S)OC[C@H]2O[C@@H](n3cnc4c(N(CC=C)C(=O)c5ccccc5)ncnc43)[C@H](O[Si](C)(C)C(C)(C)C)[C@@H]2N)C1C. The highest BCUT2D eigenvalue weighted by atomic mass is 32.4. The first-order valence-electron chi connectivity index (χ1n) is 23.4. The standard InChI is InChI=1S/C48H60N12O7P2S2Si/c1-10-22-57(44(61)31-18-14-12-15-19-31)40-37-42(52-26-50-40)59(28-54-37)46-30(3)36(34(66-46)24-63-68-70)56-69(7,71)64-25-33-35(49)39(67-72(8,9)48(4,5)6)47(65-33)60-29-55-38-41(51-27-53-43(38)60)58(23-11-2)45(62)32-20-16-13-17-21-32/h10-21,26-30,33-36,39,46-47H,1-2,22-25,49H2,3-9H3,(H,56,71)/t30?,33-,34-,35-,36+,39-,46-,47-,69?/m1/s1. The minimum Gasteiger partial charge on any atom is -0.408 e. The number of amides is 2. The molecule has 2 amide bonds. The van der Waals surface area contributed by atoms with Crippen molar-refractivity contribution in [2.75, 3.05) is 42.8 Å². The lowest BCUT2D eigenvalue weighted by atomic mass is 10.00. The van der Waals surface area contributed by atoms with Gasteiger partial charge in [0.1, 0.15) is 51.2 Å². The lowest BCUT2D eigenvalue weighted by Crippen LogP contribution is -2.51. The molecule has 2 aromatic carbocycles. The number of carbonyl (C=O) groups excluding carboxylic acids is 2. The molecule has 2 unspecified atom stereocenters. The van der Waals surface area contributed by atoms with Crippen LogP contribution in [-0.4, -0.2) is 123 Å². The van der Waals surface area contributed by atoms with E-state index in [9.17, 15) is 9.59 Å². The molecule has 9 atom stereocenters. The van der Waals surface area contributed by atoms with Crippen LogP contribution in [0.25, 0.3) is 22.3 Å². The van der Waals surface area contributed by atoms with Gasteiger partial charge in [0.15, 0.2) is 48.5 Å². The van der Waals surface area contributed by atoms with Crippen LogP contribution in [0.5, 0.6) is 0 Å². The lowest BCUT2D eigenvalue weighted by Gasteiger charge is -2.40. The van der Waals surface area contributed by atoms with E-state index in [4.69, 9.17) is 62.3 Å². The molecule has 72 heavy (non-hydrogen) atoms. The summed E-state index contributed by atoms with van der Waals surface area (Å²) in [6.45, 7) is 23.1. The Bertz CT molecular complexity index is 2980. The molecule has 0 saturated carbocycles. The Morgan fingerprint density at radius 3 is 1.82 bits per heavy atom. The van der Waals surface area contributed by atoms with E-state index in [0.29, 0.717) is 52.7 Å². The van der Waals surface area contributed by atoms with Gasteiger partial charge in [0.25, 0.3) is 11.8 Å². The van der Waals surface area contributed by atoms with Gasteiger partial charge < -0.3 is 28.7 Å². The third kappa shape index (κ3) is 11.0. The van der Waals surface area contributed by atoms with Crippen molar-refractivity contribution in [3.05, 3.63) is 122 Å². The fourth-order valence-corrected chi connectivity index (χ4v) is 12.4. The number of nitrogens with two attached hydrogens (primary N) is 1. The molecule has 4 aromatic heterocycles. The normalized spacial score (nSPS) is 23.3. The van der Waals surface area contributed by atoms with Gasteiger partial charge in [-0.05, 0) is 54.2 Å². The van der Waals surface area contributed by atoms with E-state index in [2.05, 4.69) is 72.0 Å². The minimum atomic E-state index is -2.85. The largest absolute Gasteiger partial charge is 0.408 e. The zero-order valence-electron chi connectivity index (χ0n) is 41.2. The van der Waals surface area contributed by atoms with Crippen molar-refractivity contribution < 1.29 is 32.5 Å². The van der Waals surface area contributed by atoms with E-state index in [1.54, 1.807) is 53.6 Å². The van der Waals surface area contributed by atoms with Crippen molar-refractivity contribution in [1.82, 2.24) is 44.1 Å². The van der Waals surface area contributed by atoms with E-state index in [0.717, 1.165) is 0 Å². The number of benzene rings is 2. The predicted molar refractivity (Wildman–Crippen MR) is 288 cm³/mol. The van der Waals surface area contributed by atoms with Crippen LogP contribution in [0, 0.1) is 5.92 Å². The highest BCUT2D eigenvalue weighted by Gasteiger charge is 2.51. The predicted octanol–water partition coefficient (Wildman–Crippen LogP) is 7.73. The number of nitrogens with one attached hydrogen (secondary N) is 1. The number of ether oxygens (including phenoxy) is 2. The van der Waals surface area contributed by atoms with Gasteiger partial charge in [-0.25, -0.2) is 29.9 Å². The van der Waals surface area contributed by atoms with Crippen LogP contribution < -0.4 is 20.6 Å². The van der Waals surface area contributed by atoms with Crippen LogP contribution in [-0.2, 0) is 46.6 Å². The molecular formula is C48H60N12O7P2S2Si. The average Bonchev–Trinajstić information content (AvgIpc) is 4.14. The Morgan fingerprint density at radius 1 is 0.833 bits per heavy atom. The Balaban J connectivity index is 1.04. The van der Waals surface area contributed by atoms with Gasteiger partial charge in [0, 0.05) is 42.8 Å². The Kier molecular flexibility index (Phi) is 16.5. The van der Waals surface area contributed by atoms with E-state index in [-0.39, 0.29) is 55.1 Å². The summed E-state index contributed by atoms with van der Waals surface area (Å²) in [6.07, 6.45) is 3.30. The maximum atomic E-state index is 13.9. The minimum absolute atomic E-state index is 0.0352. The molecule has 0 spiro atoms. The molecule has 19 nitrogen and oxygen atoms in total. The molecule has 2 aliphatic rings. The molecule has 6 aromatic rings. The van der Waals surface area contributed by atoms with Gasteiger partial charge in [0.2, 0.25) is 0 Å². The van der Waals surface area contributed by atoms with E-state index in [1.165, 1.54) is 22.5 Å². The molecule has 2 saturated heterocycles. The highest BCUT2D eigenvalue weighted by Crippen LogP contribution is 2.47. The lowest BCUT2D eigenvalue weighted by molar-refractivity contribution is -0.0424. The summed E-state index contributed by atoms with van der Waals surface area (Å²) in [7, 11) is -2.15. The number of rotatable bonds is 20. The maximum absolute atomic E-state index is 13.9. The molecule has 6 heterocycles. The zero-order valence-corrected chi connectivity index (χ0v) is 45.6. The fraction of sp³-hybridized carbons (Fsp3) is 0.417. The van der Waals surface area contributed by atoms with E-state index in [1.807, 2.05) is 54.6 Å². The Labute approximate surface area is 431 Å². The number of nitrogens with zero attached hydrogens (tertiary/aromatic N) is 10. The first kappa shape index (κ1) is 53.4. The fourth-order valence-electron chi connectivity index (χ4n) is 8.68. The molecule has 8 rings (SSSR count). The molecule has 24 heteroatoms. The van der Waals surface area contributed by atoms with Crippen molar-refractivity contribution in [2.24, 2.45) is 11.7 Å². The van der Waals surface area contributed by atoms with Crippen LogP contribution in [0.4, 0.5) is 11.6 Å². The molecule has 0 bridgehead atoms. The number of carbonyl (C=O) groups is 2. The summed E-state index contributed by atoms with van der Waals surface area (Å²) in [5, 5.41) is 3.48. The molecule has 0 radical (unpaired) electrons. The van der Waals surface area contributed by atoms with E-state index < -0.39 is 51.5 Å². The summed E-state index contributed by atoms with van der Waals surface area (Å²) >= 11 is 11.4. The van der Waals surface area contributed by atoms with Crippen molar-refractivity contribution in [2.45, 2.75) is 88.7 Å². The van der Waals surface area contributed by atoms with E-state index >= 15 is 0 Å². The maximum Gasteiger partial charge on any atom is 0.259 e. The summed E-state index contributed by atoms with van der Waals surface area (Å²) in [4.78, 5) is 58.5.